The third-order valence-electron chi connectivity index (χ3n) is 7.00. The SMILES string of the molecule is O=C(CSc1nc(O)cc(=O)n1C1CCCCC1)N1CC2CC(C1)c1cccc(=O)n1C2. The predicted molar refractivity (Wildman–Crippen MR) is 121 cm³/mol. The minimum Gasteiger partial charge on any atom is -0.493 e. The number of thioether (sulfide) groups is 1. The molecule has 8 nitrogen and oxygen atoms in total. The highest BCUT2D eigenvalue weighted by Crippen LogP contribution is 2.36. The van der Waals surface area contributed by atoms with Crippen molar-refractivity contribution in [3.8, 4) is 5.88 Å². The maximum atomic E-state index is 13.1. The van der Waals surface area contributed by atoms with Crippen molar-refractivity contribution >= 4 is 17.7 Å². The highest BCUT2D eigenvalue weighted by Gasteiger charge is 2.36. The average molecular weight is 457 g/mol. The number of nitrogens with zero attached hydrogens (tertiary/aromatic N) is 4. The monoisotopic (exact) mass is 456 g/mol. The summed E-state index contributed by atoms with van der Waals surface area (Å²) in [5.74, 6) is 0.318. The van der Waals surface area contributed by atoms with Crippen molar-refractivity contribution in [3.05, 3.63) is 50.7 Å². The summed E-state index contributed by atoms with van der Waals surface area (Å²) in [7, 11) is 0. The number of hydrogen-bond donors (Lipinski definition) is 1. The van der Waals surface area contributed by atoms with E-state index in [2.05, 4.69) is 4.98 Å². The molecule has 2 unspecified atom stereocenters. The fourth-order valence-electron chi connectivity index (χ4n) is 5.55. The van der Waals surface area contributed by atoms with Gasteiger partial charge in [0.2, 0.25) is 11.8 Å². The Bertz CT molecular complexity index is 1140. The number of amides is 1. The Kier molecular flexibility index (Phi) is 5.84. The van der Waals surface area contributed by atoms with Crippen molar-refractivity contribution in [2.24, 2.45) is 5.92 Å². The molecule has 0 aromatic carbocycles. The van der Waals surface area contributed by atoms with Crippen molar-refractivity contribution < 1.29 is 9.90 Å². The second-order valence-electron chi connectivity index (χ2n) is 9.18. The molecule has 1 N–H and O–H groups in total. The summed E-state index contributed by atoms with van der Waals surface area (Å²) >= 11 is 1.23. The highest BCUT2D eigenvalue weighted by molar-refractivity contribution is 7.99. The minimum absolute atomic E-state index is 0.00390. The van der Waals surface area contributed by atoms with Gasteiger partial charge in [0, 0.05) is 43.4 Å². The molecular formula is C23H28N4O4S. The number of pyridine rings is 1. The molecular weight excluding hydrogens is 428 g/mol. The van der Waals surface area contributed by atoms with Crippen LogP contribution in [-0.4, -0.2) is 48.9 Å². The Hall–Kier alpha value is -2.55. The van der Waals surface area contributed by atoms with Gasteiger partial charge in [-0.15, -0.1) is 0 Å². The topological polar surface area (TPSA) is 97.4 Å². The molecule has 2 bridgehead atoms. The van der Waals surface area contributed by atoms with E-state index >= 15 is 0 Å². The van der Waals surface area contributed by atoms with Crippen LogP contribution in [0.25, 0.3) is 0 Å². The summed E-state index contributed by atoms with van der Waals surface area (Å²) in [5.41, 5.74) is 0.789. The zero-order chi connectivity index (χ0) is 22.2. The summed E-state index contributed by atoms with van der Waals surface area (Å²) in [6, 6.07) is 6.61. The summed E-state index contributed by atoms with van der Waals surface area (Å²) in [6.45, 7) is 1.89. The number of fused-ring (bicyclic) bond motifs is 4. The third kappa shape index (κ3) is 4.10. The van der Waals surface area contributed by atoms with Gasteiger partial charge in [0.05, 0.1) is 11.8 Å². The quantitative estimate of drug-likeness (QED) is 0.560. The van der Waals surface area contributed by atoms with Gasteiger partial charge in [0.1, 0.15) is 0 Å². The number of hydrogen-bond acceptors (Lipinski definition) is 6. The molecule has 4 heterocycles. The van der Waals surface area contributed by atoms with Crippen LogP contribution < -0.4 is 11.1 Å². The van der Waals surface area contributed by atoms with Gasteiger partial charge in [-0.3, -0.25) is 19.0 Å². The molecule has 1 aliphatic carbocycles. The van der Waals surface area contributed by atoms with Crippen LogP contribution in [-0.2, 0) is 11.3 Å². The summed E-state index contributed by atoms with van der Waals surface area (Å²) < 4.78 is 3.53. The van der Waals surface area contributed by atoms with Crippen molar-refractivity contribution in [3.63, 3.8) is 0 Å². The van der Waals surface area contributed by atoms with Crippen LogP contribution in [0.5, 0.6) is 5.88 Å². The Labute approximate surface area is 190 Å². The number of aromatic nitrogens is 3. The first-order chi connectivity index (χ1) is 15.5. The van der Waals surface area contributed by atoms with Crippen LogP contribution in [0.3, 0.4) is 0 Å². The molecule has 2 atom stereocenters. The van der Waals surface area contributed by atoms with E-state index in [1.807, 2.05) is 15.5 Å². The minimum atomic E-state index is -0.299. The van der Waals surface area contributed by atoms with E-state index in [4.69, 9.17) is 0 Å². The van der Waals surface area contributed by atoms with Crippen LogP contribution in [0, 0.1) is 5.92 Å². The number of likely N-dealkylation sites (tertiary alicyclic amines) is 1. The first kappa shape index (κ1) is 21.3. The molecule has 2 aromatic heterocycles. The molecule has 5 rings (SSSR count). The van der Waals surface area contributed by atoms with Crippen molar-refractivity contribution in [1.29, 1.82) is 0 Å². The molecule has 1 amide bonds. The van der Waals surface area contributed by atoms with Gasteiger partial charge in [-0.2, -0.15) is 4.98 Å². The Morgan fingerprint density at radius 1 is 1.09 bits per heavy atom. The molecule has 32 heavy (non-hydrogen) atoms. The van der Waals surface area contributed by atoms with E-state index in [9.17, 15) is 19.5 Å². The zero-order valence-electron chi connectivity index (χ0n) is 18.0. The van der Waals surface area contributed by atoms with E-state index in [-0.39, 0.29) is 46.5 Å². The fourth-order valence-corrected chi connectivity index (χ4v) is 6.52. The smallest absolute Gasteiger partial charge is 0.258 e. The maximum absolute atomic E-state index is 13.1. The van der Waals surface area contributed by atoms with Crippen LogP contribution in [0.1, 0.15) is 56.2 Å². The Morgan fingerprint density at radius 3 is 2.72 bits per heavy atom. The van der Waals surface area contributed by atoms with E-state index < -0.39 is 0 Å². The molecule has 2 aliphatic heterocycles. The van der Waals surface area contributed by atoms with Gasteiger partial charge in [-0.25, -0.2) is 0 Å². The molecule has 2 fully saturated rings. The zero-order valence-corrected chi connectivity index (χ0v) is 18.8. The summed E-state index contributed by atoms with van der Waals surface area (Å²) in [4.78, 5) is 44.0. The Morgan fingerprint density at radius 2 is 1.91 bits per heavy atom. The number of carbonyl (C=O) groups excluding carboxylic acids is 1. The predicted octanol–water partition coefficient (Wildman–Crippen LogP) is 2.35. The second-order valence-corrected chi connectivity index (χ2v) is 10.1. The van der Waals surface area contributed by atoms with E-state index in [1.165, 1.54) is 18.2 Å². The molecule has 170 valence electrons. The maximum Gasteiger partial charge on any atom is 0.258 e. The molecule has 1 saturated heterocycles. The highest BCUT2D eigenvalue weighted by atomic mass is 32.2. The molecule has 0 radical (unpaired) electrons. The number of carbonyl (C=O) groups is 1. The number of rotatable bonds is 4. The van der Waals surface area contributed by atoms with E-state index in [1.54, 1.807) is 16.7 Å². The van der Waals surface area contributed by atoms with E-state index in [0.717, 1.165) is 43.9 Å². The van der Waals surface area contributed by atoms with Gasteiger partial charge in [-0.1, -0.05) is 37.1 Å². The molecule has 1 saturated carbocycles. The van der Waals surface area contributed by atoms with Gasteiger partial charge in [0.25, 0.3) is 11.1 Å². The van der Waals surface area contributed by atoms with E-state index in [0.29, 0.717) is 24.8 Å². The molecule has 3 aliphatic rings. The van der Waals surface area contributed by atoms with Crippen molar-refractivity contribution in [1.82, 2.24) is 19.0 Å². The lowest BCUT2D eigenvalue weighted by Gasteiger charge is -2.42. The van der Waals surface area contributed by atoms with Gasteiger partial charge in [0.15, 0.2) is 5.16 Å². The number of aromatic hydroxyl groups is 1. The third-order valence-corrected chi connectivity index (χ3v) is 7.94. The van der Waals surface area contributed by atoms with Crippen LogP contribution in [0.4, 0.5) is 0 Å². The molecule has 2 aromatic rings. The van der Waals surface area contributed by atoms with Crippen molar-refractivity contribution in [2.45, 2.75) is 62.2 Å². The van der Waals surface area contributed by atoms with Gasteiger partial charge < -0.3 is 14.6 Å². The fraction of sp³-hybridized carbons (Fsp3) is 0.565. The second kappa shape index (κ2) is 8.77. The average Bonchev–Trinajstić information content (AvgIpc) is 2.78. The van der Waals surface area contributed by atoms with Crippen LogP contribution in [0.15, 0.2) is 39.0 Å². The lowest BCUT2D eigenvalue weighted by molar-refractivity contribution is -0.131. The lowest BCUT2D eigenvalue weighted by atomic mass is 9.83. The standard InChI is InChI=1S/C23H28N4O4S/c28-19-10-21(30)27(17-5-2-1-3-6-17)23(24-19)32-14-22(31)25-11-15-9-16(13-25)18-7-4-8-20(29)26(18)12-15/h4,7-8,10,15-17,28H,1-3,5-6,9,11-14H2. The Balaban J connectivity index is 1.31. The summed E-state index contributed by atoms with van der Waals surface area (Å²) in [5, 5.41) is 10.3. The van der Waals surface area contributed by atoms with Crippen LogP contribution >= 0.6 is 11.8 Å². The summed E-state index contributed by atoms with van der Waals surface area (Å²) in [6.07, 6.45) is 6.15. The van der Waals surface area contributed by atoms with Gasteiger partial charge in [-0.05, 0) is 31.2 Å². The first-order valence-corrected chi connectivity index (χ1v) is 12.4. The van der Waals surface area contributed by atoms with Crippen molar-refractivity contribution in [2.75, 3.05) is 18.8 Å². The first-order valence-electron chi connectivity index (χ1n) is 11.4. The lowest BCUT2D eigenvalue weighted by Crippen LogP contribution is -2.49. The molecule has 0 spiro atoms. The molecule has 9 heteroatoms. The van der Waals surface area contributed by atoms with Gasteiger partial charge >= 0.3 is 0 Å². The van der Waals surface area contributed by atoms with Crippen LogP contribution in [0.2, 0.25) is 0 Å². The normalized spacial score (nSPS) is 23.1. The largest absolute Gasteiger partial charge is 0.493 e. The number of piperidine rings is 1.